The predicted molar refractivity (Wildman–Crippen MR) is 69.3 cm³/mol. The van der Waals surface area contributed by atoms with E-state index in [9.17, 15) is 5.11 Å². The third-order valence-corrected chi connectivity index (χ3v) is 2.94. The molecule has 3 atom stereocenters. The number of ether oxygens (including phenoxy) is 5. The Bertz CT molecular complexity index is 213. The number of aliphatic hydroxyl groups excluding tert-OH is 1. The number of methoxy groups -OCH3 is 1. The van der Waals surface area contributed by atoms with Crippen LogP contribution in [0.25, 0.3) is 0 Å². The molecule has 0 radical (unpaired) electrons. The second kappa shape index (κ2) is 10.5. The third kappa shape index (κ3) is 6.65. The van der Waals surface area contributed by atoms with Gasteiger partial charge in [0.15, 0.2) is 0 Å². The summed E-state index contributed by atoms with van der Waals surface area (Å²) in [5, 5.41) is 9.49. The molecule has 1 N–H and O–H groups in total. The van der Waals surface area contributed by atoms with E-state index >= 15 is 0 Å². The molecule has 0 aromatic carbocycles. The van der Waals surface area contributed by atoms with Gasteiger partial charge in [-0.25, -0.2) is 0 Å². The van der Waals surface area contributed by atoms with Crippen LogP contribution in [0.3, 0.4) is 0 Å². The van der Waals surface area contributed by atoms with E-state index in [-0.39, 0.29) is 18.3 Å². The molecule has 0 aromatic heterocycles. The Balaban J connectivity index is 1.86. The summed E-state index contributed by atoms with van der Waals surface area (Å²) in [5.41, 5.74) is 0. The minimum absolute atomic E-state index is 0.00324. The maximum absolute atomic E-state index is 9.49. The van der Waals surface area contributed by atoms with Crippen molar-refractivity contribution < 1.29 is 28.8 Å². The predicted octanol–water partition coefficient (Wildman–Crippen LogP) is 0.221. The van der Waals surface area contributed by atoms with Crippen LogP contribution in [0.2, 0.25) is 0 Å². The second-order valence-corrected chi connectivity index (χ2v) is 4.35. The van der Waals surface area contributed by atoms with Crippen molar-refractivity contribution in [3.8, 4) is 0 Å². The average Bonchev–Trinajstić information content (AvgIpc) is 2.41. The van der Waals surface area contributed by atoms with Crippen molar-refractivity contribution in [3.63, 3.8) is 0 Å². The fourth-order valence-electron chi connectivity index (χ4n) is 1.85. The Hall–Kier alpha value is -0.240. The van der Waals surface area contributed by atoms with Gasteiger partial charge in [-0.3, -0.25) is 0 Å². The first-order valence-electron chi connectivity index (χ1n) is 6.85. The van der Waals surface area contributed by atoms with Crippen molar-refractivity contribution in [2.75, 3.05) is 53.4 Å². The Labute approximate surface area is 114 Å². The van der Waals surface area contributed by atoms with E-state index in [1.807, 2.05) is 6.92 Å². The molecule has 1 aliphatic rings. The second-order valence-electron chi connectivity index (χ2n) is 4.35. The van der Waals surface area contributed by atoms with Gasteiger partial charge in [-0.1, -0.05) is 0 Å². The lowest BCUT2D eigenvalue weighted by Gasteiger charge is -2.40. The van der Waals surface area contributed by atoms with Crippen LogP contribution in [0.1, 0.15) is 13.3 Å². The minimum Gasteiger partial charge on any atom is -0.390 e. The molecule has 19 heavy (non-hydrogen) atoms. The van der Waals surface area contributed by atoms with Crippen LogP contribution < -0.4 is 0 Å². The fraction of sp³-hybridized carbons (Fsp3) is 1.00. The first-order valence-corrected chi connectivity index (χ1v) is 6.85. The highest BCUT2D eigenvalue weighted by atomic mass is 16.6. The molecule has 0 spiro atoms. The Kier molecular flexibility index (Phi) is 9.32. The summed E-state index contributed by atoms with van der Waals surface area (Å²) in [6.45, 7) is 5.85. The summed E-state index contributed by atoms with van der Waals surface area (Å²) in [6, 6.07) is 0. The molecule has 1 saturated carbocycles. The van der Waals surface area contributed by atoms with Crippen molar-refractivity contribution in [2.24, 2.45) is 0 Å². The molecule has 6 nitrogen and oxygen atoms in total. The molecule has 1 rings (SSSR count). The Morgan fingerprint density at radius 2 is 1.58 bits per heavy atom. The summed E-state index contributed by atoms with van der Waals surface area (Å²) < 4.78 is 26.4. The summed E-state index contributed by atoms with van der Waals surface area (Å²) in [6.07, 6.45) is 0.0732. The van der Waals surface area contributed by atoms with Crippen molar-refractivity contribution in [2.45, 2.75) is 31.7 Å². The van der Waals surface area contributed by atoms with Crippen LogP contribution in [-0.4, -0.2) is 76.8 Å². The first-order chi connectivity index (χ1) is 9.29. The normalized spacial score (nSPS) is 26.4. The van der Waals surface area contributed by atoms with Gasteiger partial charge in [0.1, 0.15) is 6.10 Å². The smallest absolute Gasteiger partial charge is 0.110 e. The van der Waals surface area contributed by atoms with Gasteiger partial charge in [0, 0.05) is 20.1 Å². The SMILES string of the molecule is CCOC1C(O)CC1OCCOCCOCCOC. The summed E-state index contributed by atoms with van der Waals surface area (Å²) in [7, 11) is 1.64. The van der Waals surface area contributed by atoms with E-state index in [0.29, 0.717) is 52.7 Å². The van der Waals surface area contributed by atoms with Crippen molar-refractivity contribution in [3.05, 3.63) is 0 Å². The third-order valence-electron chi connectivity index (χ3n) is 2.94. The van der Waals surface area contributed by atoms with Gasteiger partial charge in [-0.05, 0) is 6.92 Å². The molecule has 1 aliphatic carbocycles. The van der Waals surface area contributed by atoms with Crippen molar-refractivity contribution >= 4 is 0 Å². The summed E-state index contributed by atoms with van der Waals surface area (Å²) >= 11 is 0. The lowest BCUT2D eigenvalue weighted by atomic mass is 9.88. The van der Waals surface area contributed by atoms with Crippen molar-refractivity contribution in [1.82, 2.24) is 0 Å². The van der Waals surface area contributed by atoms with Crippen LogP contribution in [0.4, 0.5) is 0 Å². The highest BCUT2D eigenvalue weighted by Crippen LogP contribution is 2.26. The molecule has 6 heteroatoms. The largest absolute Gasteiger partial charge is 0.390 e. The average molecular weight is 278 g/mol. The molecular weight excluding hydrogens is 252 g/mol. The number of hydrogen-bond donors (Lipinski definition) is 1. The van der Waals surface area contributed by atoms with E-state index in [0.717, 1.165) is 0 Å². The maximum atomic E-state index is 9.49. The van der Waals surface area contributed by atoms with Gasteiger partial charge in [0.05, 0.1) is 51.8 Å². The zero-order valence-corrected chi connectivity index (χ0v) is 11.9. The molecule has 0 saturated heterocycles. The fourth-order valence-corrected chi connectivity index (χ4v) is 1.85. The van der Waals surface area contributed by atoms with E-state index < -0.39 is 0 Å². The topological polar surface area (TPSA) is 66.4 Å². The van der Waals surface area contributed by atoms with Crippen LogP contribution in [0, 0.1) is 0 Å². The lowest BCUT2D eigenvalue weighted by molar-refractivity contribution is -0.194. The van der Waals surface area contributed by atoms with Gasteiger partial charge in [0.2, 0.25) is 0 Å². The van der Waals surface area contributed by atoms with E-state index in [4.69, 9.17) is 23.7 Å². The highest BCUT2D eigenvalue weighted by molar-refractivity contribution is 4.91. The molecule has 0 heterocycles. The first kappa shape index (κ1) is 16.8. The molecule has 3 unspecified atom stereocenters. The molecule has 0 aromatic rings. The van der Waals surface area contributed by atoms with Crippen LogP contribution in [0.15, 0.2) is 0 Å². The zero-order chi connectivity index (χ0) is 13.9. The number of hydrogen-bond acceptors (Lipinski definition) is 6. The maximum Gasteiger partial charge on any atom is 0.110 e. The lowest BCUT2D eigenvalue weighted by Crippen LogP contribution is -2.53. The molecular formula is C13H26O6. The molecule has 0 bridgehead atoms. The quantitative estimate of drug-likeness (QED) is 0.515. The number of rotatable bonds is 12. The molecule has 0 amide bonds. The van der Waals surface area contributed by atoms with Crippen LogP contribution >= 0.6 is 0 Å². The standard InChI is InChI=1S/C13H26O6/c1-3-18-13-11(14)10-12(13)19-9-8-17-7-6-16-5-4-15-2/h11-14H,3-10H2,1-2H3. The van der Waals surface area contributed by atoms with E-state index in [1.165, 1.54) is 0 Å². The number of aliphatic hydroxyl groups is 1. The van der Waals surface area contributed by atoms with Gasteiger partial charge in [-0.2, -0.15) is 0 Å². The van der Waals surface area contributed by atoms with Gasteiger partial charge in [0.25, 0.3) is 0 Å². The van der Waals surface area contributed by atoms with Crippen LogP contribution in [0.5, 0.6) is 0 Å². The molecule has 0 aliphatic heterocycles. The van der Waals surface area contributed by atoms with Gasteiger partial charge in [-0.15, -0.1) is 0 Å². The Morgan fingerprint density at radius 1 is 0.947 bits per heavy atom. The molecule has 114 valence electrons. The summed E-state index contributed by atoms with van der Waals surface area (Å²) in [4.78, 5) is 0. The molecule has 1 fully saturated rings. The zero-order valence-electron chi connectivity index (χ0n) is 11.9. The van der Waals surface area contributed by atoms with E-state index in [2.05, 4.69) is 0 Å². The monoisotopic (exact) mass is 278 g/mol. The minimum atomic E-state index is -0.389. The highest BCUT2D eigenvalue weighted by Gasteiger charge is 2.41. The van der Waals surface area contributed by atoms with Gasteiger partial charge >= 0.3 is 0 Å². The van der Waals surface area contributed by atoms with E-state index in [1.54, 1.807) is 7.11 Å². The summed E-state index contributed by atoms with van der Waals surface area (Å²) in [5.74, 6) is 0. The van der Waals surface area contributed by atoms with Crippen molar-refractivity contribution in [1.29, 1.82) is 0 Å². The van der Waals surface area contributed by atoms with Gasteiger partial charge < -0.3 is 28.8 Å². The Morgan fingerprint density at radius 3 is 2.16 bits per heavy atom. The van der Waals surface area contributed by atoms with Crippen LogP contribution in [-0.2, 0) is 23.7 Å².